The summed E-state index contributed by atoms with van der Waals surface area (Å²) in [5.41, 5.74) is -0.126. The highest BCUT2D eigenvalue weighted by molar-refractivity contribution is 6.29. The Morgan fingerprint density at radius 1 is 1.70 bits per heavy atom. The summed E-state index contributed by atoms with van der Waals surface area (Å²) in [6.07, 6.45) is 4.83. The van der Waals surface area contributed by atoms with Gasteiger partial charge in [-0.1, -0.05) is 24.6 Å². The molecule has 1 aliphatic rings. The van der Waals surface area contributed by atoms with Gasteiger partial charge in [-0.2, -0.15) is 0 Å². The molecule has 0 atom stereocenters. The van der Waals surface area contributed by atoms with E-state index in [9.17, 15) is 4.79 Å². The molecule has 0 aromatic heterocycles. The van der Waals surface area contributed by atoms with E-state index in [2.05, 4.69) is 6.58 Å². The molecule has 1 aliphatic carbocycles. The first kappa shape index (κ1) is 7.80. The van der Waals surface area contributed by atoms with Crippen molar-refractivity contribution >= 4 is 17.9 Å². The molecule has 0 spiro atoms. The number of hydrogen-bond acceptors (Lipinski definition) is 1. The molecule has 1 rings (SSSR count). The van der Waals surface area contributed by atoms with Crippen molar-refractivity contribution in [2.75, 3.05) is 0 Å². The molecule has 0 radical (unpaired) electrons. The van der Waals surface area contributed by atoms with Crippen LogP contribution in [0.3, 0.4) is 0 Å². The van der Waals surface area contributed by atoms with Crippen molar-refractivity contribution in [1.82, 2.24) is 0 Å². The summed E-state index contributed by atoms with van der Waals surface area (Å²) in [5.74, 6) is 0. The maximum Gasteiger partial charge on any atom is 0.126 e. The van der Waals surface area contributed by atoms with E-state index in [1.165, 1.54) is 0 Å². The van der Waals surface area contributed by atoms with Crippen molar-refractivity contribution in [2.24, 2.45) is 5.41 Å². The second kappa shape index (κ2) is 2.75. The summed E-state index contributed by atoms with van der Waals surface area (Å²) in [6, 6.07) is 0. The van der Waals surface area contributed by atoms with Gasteiger partial charge in [0.2, 0.25) is 0 Å². The van der Waals surface area contributed by atoms with Crippen LogP contribution < -0.4 is 0 Å². The Labute approximate surface area is 66.1 Å². The fraction of sp³-hybridized carbons (Fsp3) is 0.625. The summed E-state index contributed by atoms with van der Waals surface area (Å²) >= 11 is 5.60. The van der Waals surface area contributed by atoms with Crippen LogP contribution in [0.5, 0.6) is 0 Å². The zero-order valence-electron chi connectivity index (χ0n) is 5.90. The maximum absolute atomic E-state index is 10.5. The third-order valence-corrected chi connectivity index (χ3v) is 2.28. The largest absolute Gasteiger partial charge is 0.303 e. The van der Waals surface area contributed by atoms with Crippen molar-refractivity contribution in [3.63, 3.8) is 0 Å². The first-order chi connectivity index (χ1) is 4.68. The number of aldehydes is 1. The Morgan fingerprint density at radius 3 is 2.40 bits per heavy atom. The van der Waals surface area contributed by atoms with Crippen molar-refractivity contribution in [2.45, 2.75) is 25.7 Å². The molecule has 1 nitrogen and oxygen atoms in total. The number of rotatable bonds is 3. The second-order valence-corrected chi connectivity index (χ2v) is 3.56. The Hall–Kier alpha value is -0.300. The van der Waals surface area contributed by atoms with Gasteiger partial charge in [0.15, 0.2) is 0 Å². The molecule has 10 heavy (non-hydrogen) atoms. The van der Waals surface area contributed by atoms with E-state index in [1.807, 2.05) is 0 Å². The maximum atomic E-state index is 10.5. The van der Waals surface area contributed by atoms with E-state index in [0.29, 0.717) is 11.5 Å². The highest BCUT2D eigenvalue weighted by Crippen LogP contribution is 2.44. The SMILES string of the molecule is C=C(Cl)CC1(C=O)CCC1. The lowest BCUT2D eigenvalue weighted by molar-refractivity contribution is -0.120. The molecule has 1 fully saturated rings. The minimum Gasteiger partial charge on any atom is -0.303 e. The lowest BCUT2D eigenvalue weighted by Crippen LogP contribution is -2.30. The topological polar surface area (TPSA) is 17.1 Å². The van der Waals surface area contributed by atoms with Crippen LogP contribution in [0, 0.1) is 5.41 Å². The van der Waals surface area contributed by atoms with E-state index in [4.69, 9.17) is 11.6 Å². The number of carbonyl (C=O) groups is 1. The summed E-state index contributed by atoms with van der Waals surface area (Å²) < 4.78 is 0. The van der Waals surface area contributed by atoms with Gasteiger partial charge in [-0.05, 0) is 19.3 Å². The van der Waals surface area contributed by atoms with Gasteiger partial charge in [-0.25, -0.2) is 0 Å². The molecule has 0 bridgehead atoms. The lowest BCUT2D eigenvalue weighted by Gasteiger charge is -2.36. The number of halogens is 1. The molecule has 0 saturated heterocycles. The molecular formula is C8H11ClO. The Kier molecular flexibility index (Phi) is 2.14. The summed E-state index contributed by atoms with van der Waals surface area (Å²) in [5, 5.41) is 0.604. The van der Waals surface area contributed by atoms with Crippen molar-refractivity contribution in [3.05, 3.63) is 11.6 Å². The van der Waals surface area contributed by atoms with E-state index in [1.54, 1.807) is 0 Å². The molecule has 0 aromatic carbocycles. The zero-order valence-corrected chi connectivity index (χ0v) is 6.66. The van der Waals surface area contributed by atoms with Gasteiger partial charge in [0.25, 0.3) is 0 Å². The monoisotopic (exact) mass is 158 g/mol. The quantitative estimate of drug-likeness (QED) is 0.577. The Morgan fingerprint density at radius 2 is 2.30 bits per heavy atom. The minimum atomic E-state index is -0.126. The van der Waals surface area contributed by atoms with Crippen LogP contribution in [-0.4, -0.2) is 6.29 Å². The predicted octanol–water partition coefficient (Wildman–Crippen LogP) is 2.50. The molecule has 0 amide bonds. The molecular weight excluding hydrogens is 148 g/mol. The first-order valence-electron chi connectivity index (χ1n) is 3.48. The number of carbonyl (C=O) groups excluding carboxylic acids is 1. The minimum absolute atomic E-state index is 0.126. The first-order valence-corrected chi connectivity index (χ1v) is 3.86. The molecule has 0 unspecified atom stereocenters. The molecule has 0 aromatic rings. The van der Waals surface area contributed by atoms with Crippen LogP contribution in [0.4, 0.5) is 0 Å². The fourth-order valence-electron chi connectivity index (χ4n) is 1.35. The summed E-state index contributed by atoms with van der Waals surface area (Å²) in [4.78, 5) is 10.5. The smallest absolute Gasteiger partial charge is 0.126 e. The normalized spacial score (nSPS) is 21.3. The third-order valence-electron chi connectivity index (χ3n) is 2.14. The van der Waals surface area contributed by atoms with Gasteiger partial charge in [0, 0.05) is 10.4 Å². The van der Waals surface area contributed by atoms with Crippen LogP contribution in [0.2, 0.25) is 0 Å². The second-order valence-electron chi connectivity index (χ2n) is 3.03. The van der Waals surface area contributed by atoms with Crippen molar-refractivity contribution in [3.8, 4) is 0 Å². The third kappa shape index (κ3) is 1.40. The Bertz CT molecular complexity index is 159. The molecule has 1 saturated carbocycles. The zero-order chi connectivity index (χ0) is 7.61. The predicted molar refractivity (Wildman–Crippen MR) is 42.0 cm³/mol. The van der Waals surface area contributed by atoms with Gasteiger partial charge < -0.3 is 4.79 Å². The Balaban J connectivity index is 2.48. The lowest BCUT2D eigenvalue weighted by atomic mass is 9.68. The summed E-state index contributed by atoms with van der Waals surface area (Å²) in [6.45, 7) is 3.58. The van der Waals surface area contributed by atoms with Crippen molar-refractivity contribution in [1.29, 1.82) is 0 Å². The fourth-order valence-corrected chi connectivity index (χ4v) is 1.62. The van der Waals surface area contributed by atoms with Gasteiger partial charge >= 0.3 is 0 Å². The van der Waals surface area contributed by atoms with Gasteiger partial charge in [-0.15, -0.1) is 0 Å². The number of hydrogen-bond donors (Lipinski definition) is 0. The van der Waals surface area contributed by atoms with Gasteiger partial charge in [-0.3, -0.25) is 0 Å². The highest BCUT2D eigenvalue weighted by Gasteiger charge is 2.36. The van der Waals surface area contributed by atoms with E-state index in [-0.39, 0.29) is 5.41 Å². The van der Waals surface area contributed by atoms with Crippen LogP contribution in [0.15, 0.2) is 11.6 Å². The van der Waals surface area contributed by atoms with E-state index >= 15 is 0 Å². The van der Waals surface area contributed by atoms with Crippen LogP contribution in [-0.2, 0) is 4.79 Å². The molecule has 0 heterocycles. The molecule has 2 heteroatoms. The number of allylic oxidation sites excluding steroid dienone is 1. The standard InChI is InChI=1S/C8H11ClO/c1-7(9)5-8(6-10)3-2-4-8/h6H,1-5H2. The summed E-state index contributed by atoms with van der Waals surface area (Å²) in [7, 11) is 0. The average molecular weight is 159 g/mol. The molecule has 0 aliphatic heterocycles. The van der Waals surface area contributed by atoms with Crippen LogP contribution >= 0.6 is 11.6 Å². The van der Waals surface area contributed by atoms with Crippen LogP contribution in [0.25, 0.3) is 0 Å². The highest BCUT2D eigenvalue weighted by atomic mass is 35.5. The van der Waals surface area contributed by atoms with Crippen molar-refractivity contribution < 1.29 is 4.79 Å². The van der Waals surface area contributed by atoms with Gasteiger partial charge in [0.05, 0.1) is 0 Å². The van der Waals surface area contributed by atoms with Crippen LogP contribution in [0.1, 0.15) is 25.7 Å². The molecule has 0 N–H and O–H groups in total. The van der Waals surface area contributed by atoms with E-state index in [0.717, 1.165) is 25.5 Å². The average Bonchev–Trinajstić information content (AvgIpc) is 1.78. The van der Waals surface area contributed by atoms with Gasteiger partial charge in [0.1, 0.15) is 6.29 Å². The molecule has 56 valence electrons. The van der Waals surface area contributed by atoms with E-state index < -0.39 is 0 Å².